The average Bonchev–Trinajstić information content (AvgIpc) is 3.06. The van der Waals surface area contributed by atoms with E-state index in [4.69, 9.17) is 4.74 Å². The zero-order valence-electron chi connectivity index (χ0n) is 24.7. The van der Waals surface area contributed by atoms with Gasteiger partial charge in [-0.05, 0) is 60.5 Å². The first-order valence-electron chi connectivity index (χ1n) is 14.0. The van der Waals surface area contributed by atoms with Crippen molar-refractivity contribution in [2.75, 3.05) is 54.2 Å². The maximum absolute atomic E-state index is 13.2. The van der Waals surface area contributed by atoms with Crippen LogP contribution in [0.25, 0.3) is 0 Å². The van der Waals surface area contributed by atoms with Crippen LogP contribution in [0.5, 0.6) is 0 Å². The number of rotatable bonds is 9. The number of hydrogen-bond donors (Lipinski definition) is 3. The highest BCUT2D eigenvalue weighted by molar-refractivity contribution is 7.89. The van der Waals surface area contributed by atoms with Gasteiger partial charge in [-0.2, -0.15) is 4.31 Å². The number of benzene rings is 3. The first kappa shape index (κ1) is 31.5. The number of amides is 3. The van der Waals surface area contributed by atoms with Gasteiger partial charge in [-0.15, -0.1) is 0 Å². The lowest BCUT2D eigenvalue weighted by Crippen LogP contribution is -2.40. The molecule has 0 spiro atoms. The molecule has 0 atom stereocenters. The van der Waals surface area contributed by atoms with E-state index in [1.807, 2.05) is 6.92 Å². The Morgan fingerprint density at radius 2 is 1.73 bits per heavy atom. The number of anilines is 5. The van der Waals surface area contributed by atoms with Gasteiger partial charge in [-0.25, -0.2) is 27.6 Å². The quantitative estimate of drug-likeness (QED) is 0.235. The number of urea groups is 1. The van der Waals surface area contributed by atoms with Crippen LogP contribution in [0, 0.1) is 6.92 Å². The maximum atomic E-state index is 13.2. The number of sulfonamides is 1. The summed E-state index contributed by atoms with van der Waals surface area (Å²) in [4.78, 5) is 35.8. The van der Waals surface area contributed by atoms with E-state index in [-0.39, 0.29) is 23.8 Å². The summed E-state index contributed by atoms with van der Waals surface area (Å²) in [6.07, 6.45) is 1.29. The van der Waals surface area contributed by atoms with Gasteiger partial charge in [0.05, 0.1) is 18.1 Å². The Labute approximate surface area is 260 Å². The molecule has 3 N–H and O–H groups in total. The maximum Gasteiger partial charge on any atom is 0.327 e. The molecule has 3 aromatic carbocycles. The normalized spacial score (nSPS) is 13.6. The third-order valence-electron chi connectivity index (χ3n) is 7.10. The van der Waals surface area contributed by atoms with Crippen LogP contribution in [0.2, 0.25) is 0 Å². The predicted molar refractivity (Wildman–Crippen MR) is 169 cm³/mol. The summed E-state index contributed by atoms with van der Waals surface area (Å²) in [5.74, 6) is 0.212. The molecule has 0 aliphatic carbocycles. The molecule has 1 fully saturated rings. The van der Waals surface area contributed by atoms with Crippen molar-refractivity contribution in [3.8, 4) is 0 Å². The van der Waals surface area contributed by atoms with Gasteiger partial charge in [0.25, 0.3) is 5.91 Å². The molecule has 1 aromatic heterocycles. The van der Waals surface area contributed by atoms with Gasteiger partial charge in [0.2, 0.25) is 10.0 Å². The van der Waals surface area contributed by atoms with Crippen molar-refractivity contribution in [2.45, 2.75) is 18.5 Å². The largest absolute Gasteiger partial charge is 0.379 e. The summed E-state index contributed by atoms with van der Waals surface area (Å²) >= 11 is 0. The van der Waals surface area contributed by atoms with Crippen LogP contribution >= 0.6 is 0 Å². The highest BCUT2D eigenvalue weighted by atomic mass is 32.2. The molecule has 234 valence electrons. The number of nitrogens with one attached hydrogen (secondary N) is 3. The second-order valence-electron chi connectivity index (χ2n) is 10.2. The van der Waals surface area contributed by atoms with E-state index in [2.05, 4.69) is 25.9 Å². The Kier molecular flexibility index (Phi) is 9.66. The van der Waals surface area contributed by atoms with E-state index < -0.39 is 28.6 Å². The second-order valence-corrected chi connectivity index (χ2v) is 12.2. The van der Waals surface area contributed by atoms with E-state index in [0.717, 1.165) is 5.56 Å². The van der Waals surface area contributed by atoms with Crippen molar-refractivity contribution in [1.29, 1.82) is 0 Å². The lowest BCUT2D eigenvalue weighted by Gasteiger charge is -2.26. The molecule has 0 saturated carbocycles. The third-order valence-corrected chi connectivity index (χ3v) is 8.99. The summed E-state index contributed by atoms with van der Waals surface area (Å²) in [5.41, 5.74) is 2.87. The van der Waals surface area contributed by atoms with Crippen LogP contribution in [0.3, 0.4) is 0 Å². The summed E-state index contributed by atoms with van der Waals surface area (Å²) in [6.45, 7) is 2.41. The van der Waals surface area contributed by atoms with Gasteiger partial charge in [0.15, 0.2) is 0 Å². The van der Waals surface area contributed by atoms with Gasteiger partial charge in [-0.1, -0.05) is 24.3 Å². The van der Waals surface area contributed by atoms with E-state index in [0.29, 0.717) is 47.2 Å². The first-order valence-corrected chi connectivity index (χ1v) is 15.5. The monoisotopic (exact) mass is 633 g/mol. The molecular formula is C31H32FN7O5S. The molecule has 45 heavy (non-hydrogen) atoms. The smallest absolute Gasteiger partial charge is 0.327 e. The van der Waals surface area contributed by atoms with Gasteiger partial charge >= 0.3 is 6.03 Å². The molecule has 5 rings (SSSR count). The molecular weight excluding hydrogens is 601 g/mol. The fourth-order valence-electron chi connectivity index (χ4n) is 4.55. The standard InChI is InChI=1S/C31H32FN7O5S/c1-21-9-10-25(36-30(40)23-6-3-5-22(15-23)19-32)17-27(21)37-31(41)38(2)29-18-28(33-20-34-29)35-24-7-4-8-26(16-24)45(42,43)39-11-13-44-14-12-39/h3-10,15-18,20H,11-14,19H2,1-2H3,(H,36,40)(H,37,41)(H,33,34,35). The lowest BCUT2D eigenvalue weighted by atomic mass is 10.1. The third kappa shape index (κ3) is 7.60. The number of morpholine rings is 1. The minimum Gasteiger partial charge on any atom is -0.379 e. The van der Waals surface area contributed by atoms with Crippen molar-refractivity contribution < 1.29 is 27.1 Å². The molecule has 0 bridgehead atoms. The first-order chi connectivity index (χ1) is 21.6. The van der Waals surface area contributed by atoms with Crippen LogP contribution in [0.15, 0.2) is 84.0 Å². The average molecular weight is 634 g/mol. The van der Waals surface area contributed by atoms with Crippen LogP contribution in [0.4, 0.5) is 37.9 Å². The summed E-state index contributed by atoms with van der Waals surface area (Å²) < 4.78 is 45.8. The Morgan fingerprint density at radius 1 is 0.956 bits per heavy atom. The highest BCUT2D eigenvalue weighted by Crippen LogP contribution is 2.25. The zero-order valence-corrected chi connectivity index (χ0v) is 25.5. The number of aryl methyl sites for hydroxylation is 1. The number of carbonyl (C=O) groups excluding carboxylic acids is 2. The van der Waals surface area contributed by atoms with Crippen molar-refractivity contribution in [3.63, 3.8) is 0 Å². The minimum atomic E-state index is -3.69. The van der Waals surface area contributed by atoms with Gasteiger partial charge in [0, 0.05) is 48.8 Å². The number of hydrogen-bond acceptors (Lipinski definition) is 8. The molecule has 2 heterocycles. The molecule has 4 aromatic rings. The number of aromatic nitrogens is 2. The molecule has 14 heteroatoms. The van der Waals surface area contributed by atoms with Crippen LogP contribution < -0.4 is 20.9 Å². The fraction of sp³-hybridized carbons (Fsp3) is 0.226. The number of nitrogens with zero attached hydrogens (tertiary/aromatic N) is 4. The minimum absolute atomic E-state index is 0.141. The topological polar surface area (TPSA) is 146 Å². The molecule has 0 radical (unpaired) electrons. The summed E-state index contributed by atoms with van der Waals surface area (Å²) in [6, 6.07) is 18.8. The highest BCUT2D eigenvalue weighted by Gasteiger charge is 2.26. The van der Waals surface area contributed by atoms with Crippen molar-refractivity contribution in [1.82, 2.24) is 14.3 Å². The zero-order chi connectivity index (χ0) is 32.0. The van der Waals surface area contributed by atoms with Crippen LogP contribution in [0.1, 0.15) is 21.5 Å². The van der Waals surface area contributed by atoms with E-state index in [9.17, 15) is 22.4 Å². The lowest BCUT2D eigenvalue weighted by molar-refractivity contribution is 0.0730. The van der Waals surface area contributed by atoms with E-state index in [1.165, 1.54) is 40.8 Å². The molecule has 1 saturated heterocycles. The number of alkyl halides is 1. The van der Waals surface area contributed by atoms with Crippen molar-refractivity contribution in [2.24, 2.45) is 0 Å². The summed E-state index contributed by atoms with van der Waals surface area (Å²) in [7, 11) is -2.15. The summed E-state index contributed by atoms with van der Waals surface area (Å²) in [5, 5.41) is 8.68. The Hall–Kier alpha value is -4.92. The van der Waals surface area contributed by atoms with Crippen LogP contribution in [-0.4, -0.2) is 68.0 Å². The SMILES string of the molecule is Cc1ccc(NC(=O)c2cccc(CF)c2)cc1NC(=O)N(C)c1cc(Nc2cccc(S(=O)(=O)N3CCOCC3)c2)ncn1. The van der Waals surface area contributed by atoms with Crippen LogP contribution in [-0.2, 0) is 21.4 Å². The number of ether oxygens (including phenoxy) is 1. The van der Waals surface area contributed by atoms with Crippen molar-refractivity contribution in [3.05, 3.63) is 95.8 Å². The van der Waals surface area contributed by atoms with Crippen molar-refractivity contribution >= 4 is 50.7 Å². The van der Waals surface area contributed by atoms with E-state index >= 15 is 0 Å². The molecule has 3 amide bonds. The second kappa shape index (κ2) is 13.8. The molecule has 0 unspecified atom stereocenters. The number of halogens is 1. The van der Waals surface area contributed by atoms with Gasteiger partial charge in [0.1, 0.15) is 24.6 Å². The Bertz CT molecular complexity index is 1820. The Balaban J connectivity index is 1.26. The van der Waals surface area contributed by atoms with Gasteiger partial charge < -0.3 is 20.7 Å². The van der Waals surface area contributed by atoms with Gasteiger partial charge in [-0.3, -0.25) is 9.69 Å². The Morgan fingerprint density at radius 3 is 2.51 bits per heavy atom. The number of carbonyl (C=O) groups is 2. The molecule has 12 nitrogen and oxygen atoms in total. The molecule has 1 aliphatic rings. The fourth-order valence-corrected chi connectivity index (χ4v) is 6.01. The predicted octanol–water partition coefficient (Wildman–Crippen LogP) is 4.94. The van der Waals surface area contributed by atoms with E-state index in [1.54, 1.807) is 54.6 Å². The molecule has 1 aliphatic heterocycles.